The van der Waals surface area contributed by atoms with Crippen LogP contribution in [0.5, 0.6) is 5.75 Å². The van der Waals surface area contributed by atoms with Crippen LogP contribution in [-0.4, -0.2) is 11.7 Å². The van der Waals surface area contributed by atoms with Crippen LogP contribution in [0.25, 0.3) is 0 Å². The lowest BCUT2D eigenvalue weighted by molar-refractivity contribution is 0.0889. The molecule has 0 fully saturated rings. The molecule has 2 aromatic carbocycles. The van der Waals surface area contributed by atoms with Crippen molar-refractivity contribution in [2.75, 3.05) is 6.61 Å². The zero-order valence-electron chi connectivity index (χ0n) is 11.3. The molecule has 2 unspecified atom stereocenters. The molecule has 98 valence electrons. The van der Waals surface area contributed by atoms with Gasteiger partial charge in [-0.2, -0.15) is 0 Å². The Bertz CT molecular complexity index is 587. The highest BCUT2D eigenvalue weighted by atomic mass is 16.5. The summed E-state index contributed by atoms with van der Waals surface area (Å²) < 4.78 is 5.81. The molecule has 1 aliphatic heterocycles. The topological polar surface area (TPSA) is 29.5 Å². The maximum atomic E-state index is 10.6. The summed E-state index contributed by atoms with van der Waals surface area (Å²) in [5.74, 6) is 0.826. The van der Waals surface area contributed by atoms with E-state index in [9.17, 15) is 5.11 Å². The predicted octanol–water partition coefficient (Wildman–Crippen LogP) is 3.51. The number of fused-ring (bicyclic) bond motifs is 1. The average Bonchev–Trinajstić information content (AvgIpc) is 2.40. The fourth-order valence-electron chi connectivity index (χ4n) is 2.59. The first-order chi connectivity index (χ1) is 9.15. The van der Waals surface area contributed by atoms with Crippen molar-refractivity contribution in [3.8, 4) is 5.75 Å². The van der Waals surface area contributed by atoms with Gasteiger partial charge in [0.05, 0.1) is 12.7 Å². The van der Waals surface area contributed by atoms with Gasteiger partial charge in [0.1, 0.15) is 5.75 Å². The first-order valence-electron chi connectivity index (χ1n) is 6.63. The SMILES string of the molecule is Cc1ccc(C2COc3cc(C)ccc3C2O)cc1. The summed E-state index contributed by atoms with van der Waals surface area (Å²) >= 11 is 0. The molecule has 0 saturated heterocycles. The second-order valence-electron chi connectivity index (χ2n) is 5.31. The standard InChI is InChI=1S/C17H18O2/c1-11-3-6-13(7-4-11)15-10-19-16-9-12(2)5-8-14(16)17(15)18/h3-9,15,17-18H,10H2,1-2H3. The summed E-state index contributed by atoms with van der Waals surface area (Å²) in [7, 11) is 0. The maximum Gasteiger partial charge on any atom is 0.125 e. The van der Waals surface area contributed by atoms with Crippen LogP contribution in [-0.2, 0) is 0 Å². The molecule has 1 heterocycles. The third kappa shape index (κ3) is 2.24. The fourth-order valence-corrected chi connectivity index (χ4v) is 2.59. The third-order valence-electron chi connectivity index (χ3n) is 3.79. The lowest BCUT2D eigenvalue weighted by atomic mass is 9.87. The Hall–Kier alpha value is -1.80. The Labute approximate surface area is 113 Å². The van der Waals surface area contributed by atoms with Crippen LogP contribution in [0, 0.1) is 13.8 Å². The van der Waals surface area contributed by atoms with Gasteiger partial charge in [-0.1, -0.05) is 42.0 Å². The zero-order chi connectivity index (χ0) is 13.4. The second-order valence-corrected chi connectivity index (χ2v) is 5.31. The van der Waals surface area contributed by atoms with Crippen molar-refractivity contribution in [1.82, 2.24) is 0 Å². The molecule has 2 atom stereocenters. The highest BCUT2D eigenvalue weighted by Crippen LogP contribution is 2.40. The minimum absolute atomic E-state index is 0.0100. The van der Waals surface area contributed by atoms with Crippen molar-refractivity contribution in [2.45, 2.75) is 25.9 Å². The molecule has 2 aromatic rings. The van der Waals surface area contributed by atoms with E-state index >= 15 is 0 Å². The van der Waals surface area contributed by atoms with E-state index in [4.69, 9.17) is 4.74 Å². The molecule has 2 nitrogen and oxygen atoms in total. The van der Waals surface area contributed by atoms with Crippen molar-refractivity contribution < 1.29 is 9.84 Å². The summed E-state index contributed by atoms with van der Waals surface area (Å²) in [5, 5.41) is 10.6. The largest absolute Gasteiger partial charge is 0.492 e. The molecule has 0 radical (unpaired) electrons. The lowest BCUT2D eigenvalue weighted by Gasteiger charge is -2.31. The molecule has 1 aliphatic rings. The van der Waals surface area contributed by atoms with Crippen molar-refractivity contribution in [2.24, 2.45) is 0 Å². The highest BCUT2D eigenvalue weighted by Gasteiger charge is 2.30. The van der Waals surface area contributed by atoms with E-state index in [1.54, 1.807) is 0 Å². The highest BCUT2D eigenvalue weighted by molar-refractivity contribution is 5.42. The Balaban J connectivity index is 1.95. The lowest BCUT2D eigenvalue weighted by Crippen LogP contribution is -2.24. The molecule has 0 amide bonds. The van der Waals surface area contributed by atoms with Gasteiger partial charge in [0.2, 0.25) is 0 Å². The van der Waals surface area contributed by atoms with Gasteiger partial charge in [0, 0.05) is 11.5 Å². The zero-order valence-corrected chi connectivity index (χ0v) is 11.3. The number of hydrogen-bond donors (Lipinski definition) is 1. The van der Waals surface area contributed by atoms with Crippen LogP contribution in [0.2, 0.25) is 0 Å². The van der Waals surface area contributed by atoms with E-state index in [0.717, 1.165) is 22.4 Å². The Morgan fingerprint density at radius 3 is 2.42 bits per heavy atom. The summed E-state index contributed by atoms with van der Waals surface area (Å²) in [6, 6.07) is 14.3. The van der Waals surface area contributed by atoms with E-state index in [0.29, 0.717) is 6.61 Å². The molecular weight excluding hydrogens is 236 g/mol. The van der Waals surface area contributed by atoms with Gasteiger partial charge in [-0.05, 0) is 31.0 Å². The van der Waals surface area contributed by atoms with Crippen LogP contribution in [0.1, 0.15) is 34.3 Å². The second kappa shape index (κ2) is 4.71. The molecule has 0 saturated carbocycles. The van der Waals surface area contributed by atoms with E-state index in [2.05, 4.69) is 31.2 Å². The van der Waals surface area contributed by atoms with Gasteiger partial charge < -0.3 is 9.84 Å². The fraction of sp³-hybridized carbons (Fsp3) is 0.294. The monoisotopic (exact) mass is 254 g/mol. The van der Waals surface area contributed by atoms with Crippen LogP contribution in [0.4, 0.5) is 0 Å². The van der Waals surface area contributed by atoms with Gasteiger partial charge >= 0.3 is 0 Å². The van der Waals surface area contributed by atoms with E-state index < -0.39 is 6.10 Å². The van der Waals surface area contributed by atoms with Crippen LogP contribution in [0.15, 0.2) is 42.5 Å². The Morgan fingerprint density at radius 2 is 1.68 bits per heavy atom. The van der Waals surface area contributed by atoms with Gasteiger partial charge in [-0.25, -0.2) is 0 Å². The number of aliphatic hydroxyl groups is 1. The number of hydrogen-bond acceptors (Lipinski definition) is 2. The van der Waals surface area contributed by atoms with Crippen LogP contribution < -0.4 is 4.74 Å². The average molecular weight is 254 g/mol. The van der Waals surface area contributed by atoms with Crippen LogP contribution >= 0.6 is 0 Å². The molecule has 2 heteroatoms. The normalized spacial score (nSPS) is 21.6. The smallest absolute Gasteiger partial charge is 0.125 e. The van der Waals surface area contributed by atoms with Gasteiger partial charge in [0.25, 0.3) is 0 Å². The van der Waals surface area contributed by atoms with Gasteiger partial charge in [0.15, 0.2) is 0 Å². The molecular formula is C17H18O2. The minimum atomic E-state index is -0.493. The number of aryl methyl sites for hydroxylation is 2. The van der Waals surface area contributed by atoms with E-state index in [1.165, 1.54) is 5.56 Å². The predicted molar refractivity (Wildman–Crippen MR) is 75.6 cm³/mol. The quantitative estimate of drug-likeness (QED) is 0.843. The van der Waals surface area contributed by atoms with Gasteiger partial charge in [-0.3, -0.25) is 0 Å². The summed E-state index contributed by atoms with van der Waals surface area (Å²) in [6.07, 6.45) is -0.493. The first-order valence-corrected chi connectivity index (χ1v) is 6.63. The summed E-state index contributed by atoms with van der Waals surface area (Å²) in [6.45, 7) is 4.62. The molecule has 0 aromatic heterocycles. The summed E-state index contributed by atoms with van der Waals surface area (Å²) in [4.78, 5) is 0. The number of rotatable bonds is 1. The molecule has 0 spiro atoms. The number of aliphatic hydroxyl groups excluding tert-OH is 1. The molecule has 1 N–H and O–H groups in total. The van der Waals surface area contributed by atoms with Crippen LogP contribution in [0.3, 0.4) is 0 Å². The molecule has 19 heavy (non-hydrogen) atoms. The minimum Gasteiger partial charge on any atom is -0.492 e. The van der Waals surface area contributed by atoms with Crippen molar-refractivity contribution in [3.63, 3.8) is 0 Å². The Morgan fingerprint density at radius 1 is 1.00 bits per heavy atom. The van der Waals surface area contributed by atoms with E-state index in [1.807, 2.05) is 25.1 Å². The molecule has 3 rings (SSSR count). The number of ether oxygens (including phenoxy) is 1. The molecule has 0 bridgehead atoms. The third-order valence-corrected chi connectivity index (χ3v) is 3.79. The number of benzene rings is 2. The molecule has 0 aliphatic carbocycles. The summed E-state index contributed by atoms with van der Waals surface area (Å²) in [5.41, 5.74) is 4.40. The van der Waals surface area contributed by atoms with Gasteiger partial charge in [-0.15, -0.1) is 0 Å². The first kappa shape index (κ1) is 12.2. The van der Waals surface area contributed by atoms with Crippen molar-refractivity contribution in [1.29, 1.82) is 0 Å². The van der Waals surface area contributed by atoms with Crippen molar-refractivity contribution >= 4 is 0 Å². The van der Waals surface area contributed by atoms with Crippen molar-refractivity contribution in [3.05, 3.63) is 64.7 Å². The maximum absolute atomic E-state index is 10.6. The van der Waals surface area contributed by atoms with E-state index in [-0.39, 0.29) is 5.92 Å². The Kier molecular flexibility index (Phi) is 3.03.